The zero-order chi connectivity index (χ0) is 17.6. The zero-order valence-corrected chi connectivity index (χ0v) is 14.9. The van der Waals surface area contributed by atoms with Crippen LogP contribution in [0.5, 0.6) is 0 Å². The van der Waals surface area contributed by atoms with Crippen molar-refractivity contribution in [2.24, 2.45) is 0 Å². The van der Waals surface area contributed by atoms with Gasteiger partial charge in [-0.05, 0) is 63.1 Å². The Labute approximate surface area is 148 Å². The van der Waals surface area contributed by atoms with Crippen LogP contribution in [0.4, 0.5) is 0 Å². The molecule has 2 aromatic rings. The largest absolute Gasteiger partial charge is 0.361 e. The second-order valence-electron chi connectivity index (χ2n) is 7.57. The number of piperidine rings is 1. The quantitative estimate of drug-likeness (QED) is 0.914. The summed E-state index contributed by atoms with van der Waals surface area (Å²) in [7, 11) is 0. The Bertz CT molecular complexity index is 825. The van der Waals surface area contributed by atoms with E-state index in [0.29, 0.717) is 12.1 Å². The first-order valence-corrected chi connectivity index (χ1v) is 9.23. The van der Waals surface area contributed by atoms with Crippen molar-refractivity contribution >= 4 is 22.7 Å². The van der Waals surface area contributed by atoms with Gasteiger partial charge in [0, 0.05) is 36.4 Å². The molecule has 1 N–H and O–H groups in total. The van der Waals surface area contributed by atoms with E-state index in [4.69, 9.17) is 0 Å². The van der Waals surface area contributed by atoms with Gasteiger partial charge >= 0.3 is 0 Å². The van der Waals surface area contributed by atoms with Crippen molar-refractivity contribution in [2.45, 2.75) is 51.1 Å². The number of aromatic amines is 1. The molecule has 5 heteroatoms. The summed E-state index contributed by atoms with van der Waals surface area (Å²) in [6, 6.07) is 7.91. The number of hydrogen-bond donors (Lipinski definition) is 1. The van der Waals surface area contributed by atoms with Gasteiger partial charge < -0.3 is 14.8 Å². The van der Waals surface area contributed by atoms with Crippen molar-refractivity contribution in [1.29, 1.82) is 0 Å². The lowest BCUT2D eigenvalue weighted by Gasteiger charge is -2.46. The highest BCUT2D eigenvalue weighted by atomic mass is 16.2. The van der Waals surface area contributed by atoms with Gasteiger partial charge in [0.15, 0.2) is 0 Å². The van der Waals surface area contributed by atoms with Crippen LogP contribution in [0.15, 0.2) is 30.5 Å². The number of amides is 2. The van der Waals surface area contributed by atoms with Crippen molar-refractivity contribution in [3.8, 4) is 0 Å². The van der Waals surface area contributed by atoms with Gasteiger partial charge in [0.25, 0.3) is 5.91 Å². The van der Waals surface area contributed by atoms with Crippen LogP contribution in [0, 0.1) is 0 Å². The first kappa shape index (κ1) is 16.2. The molecular weight excluding hydrogens is 314 g/mol. The number of carbonyl (C=O) groups is 2. The Morgan fingerprint density at radius 3 is 2.68 bits per heavy atom. The Hall–Kier alpha value is -2.30. The van der Waals surface area contributed by atoms with Gasteiger partial charge in [-0.2, -0.15) is 0 Å². The van der Waals surface area contributed by atoms with E-state index < -0.39 is 5.54 Å². The lowest BCUT2D eigenvalue weighted by molar-refractivity contribution is -0.147. The van der Waals surface area contributed by atoms with Gasteiger partial charge in [0.1, 0.15) is 5.54 Å². The van der Waals surface area contributed by atoms with Gasteiger partial charge in [0.05, 0.1) is 0 Å². The molecule has 5 nitrogen and oxygen atoms in total. The predicted octanol–water partition coefficient (Wildman–Crippen LogP) is 3.17. The first-order chi connectivity index (χ1) is 12.0. The van der Waals surface area contributed by atoms with E-state index in [0.717, 1.165) is 43.1 Å². The highest BCUT2D eigenvalue weighted by Gasteiger charge is 2.53. The number of aromatic nitrogens is 1. The van der Waals surface area contributed by atoms with Crippen LogP contribution in [-0.4, -0.2) is 51.3 Å². The topological polar surface area (TPSA) is 56.4 Å². The van der Waals surface area contributed by atoms with Crippen molar-refractivity contribution in [2.75, 3.05) is 13.1 Å². The molecule has 2 saturated heterocycles. The number of H-pyrrole nitrogens is 1. The zero-order valence-electron chi connectivity index (χ0n) is 14.9. The molecule has 0 radical (unpaired) electrons. The summed E-state index contributed by atoms with van der Waals surface area (Å²) in [6.45, 7) is 5.57. The molecule has 0 saturated carbocycles. The summed E-state index contributed by atoms with van der Waals surface area (Å²) in [5.41, 5.74) is 0.980. The molecule has 3 heterocycles. The molecule has 25 heavy (non-hydrogen) atoms. The molecule has 1 spiro atoms. The Kier molecular flexibility index (Phi) is 3.82. The average Bonchev–Trinajstić information content (AvgIpc) is 3.23. The fourth-order valence-corrected chi connectivity index (χ4v) is 4.50. The van der Waals surface area contributed by atoms with Gasteiger partial charge in [-0.1, -0.05) is 6.07 Å². The molecule has 1 unspecified atom stereocenters. The van der Waals surface area contributed by atoms with Crippen molar-refractivity contribution in [3.63, 3.8) is 0 Å². The van der Waals surface area contributed by atoms with Gasteiger partial charge in [-0.25, -0.2) is 0 Å². The summed E-state index contributed by atoms with van der Waals surface area (Å²) in [4.78, 5) is 33.4. The fourth-order valence-electron chi connectivity index (χ4n) is 4.50. The molecule has 132 valence electrons. The van der Waals surface area contributed by atoms with Crippen LogP contribution in [0.2, 0.25) is 0 Å². The smallest absolute Gasteiger partial charge is 0.254 e. The van der Waals surface area contributed by atoms with E-state index in [2.05, 4.69) is 18.8 Å². The minimum absolute atomic E-state index is 0.0204. The van der Waals surface area contributed by atoms with Crippen molar-refractivity contribution < 1.29 is 9.59 Å². The molecule has 4 rings (SSSR count). The summed E-state index contributed by atoms with van der Waals surface area (Å²) >= 11 is 0. The first-order valence-electron chi connectivity index (χ1n) is 9.23. The minimum atomic E-state index is -0.635. The average molecular weight is 339 g/mol. The monoisotopic (exact) mass is 339 g/mol. The van der Waals surface area contributed by atoms with Gasteiger partial charge in [-0.3, -0.25) is 9.59 Å². The number of nitrogens with one attached hydrogen (secondary N) is 1. The Morgan fingerprint density at radius 1 is 1.16 bits per heavy atom. The number of nitrogens with zero attached hydrogens (tertiary/aromatic N) is 2. The van der Waals surface area contributed by atoms with Crippen molar-refractivity contribution in [3.05, 3.63) is 36.0 Å². The second-order valence-corrected chi connectivity index (χ2v) is 7.57. The molecule has 2 aliphatic heterocycles. The number of likely N-dealkylation sites (tertiary alicyclic amines) is 2. The number of hydrogen-bond acceptors (Lipinski definition) is 2. The third kappa shape index (κ3) is 2.44. The number of rotatable bonds is 2. The maximum absolute atomic E-state index is 13.2. The van der Waals surface area contributed by atoms with E-state index in [-0.39, 0.29) is 17.9 Å². The highest BCUT2D eigenvalue weighted by Crippen LogP contribution is 2.39. The molecule has 1 aromatic carbocycles. The van der Waals surface area contributed by atoms with Gasteiger partial charge in [0.2, 0.25) is 5.91 Å². The maximum atomic E-state index is 13.2. The summed E-state index contributed by atoms with van der Waals surface area (Å²) in [5.74, 6) is 0.119. The van der Waals surface area contributed by atoms with E-state index in [1.165, 1.54) is 0 Å². The van der Waals surface area contributed by atoms with E-state index in [1.54, 1.807) is 0 Å². The van der Waals surface area contributed by atoms with Crippen LogP contribution < -0.4 is 0 Å². The SMILES string of the molecule is CC(C)N1CCCC2(CCCN2C(=O)c2ccc3cc[nH]c3c2)C1=O. The Morgan fingerprint density at radius 2 is 1.92 bits per heavy atom. The lowest BCUT2D eigenvalue weighted by atomic mass is 9.84. The summed E-state index contributed by atoms with van der Waals surface area (Å²) in [6.07, 6.45) is 5.30. The van der Waals surface area contributed by atoms with Crippen LogP contribution in [-0.2, 0) is 4.79 Å². The third-order valence-electron chi connectivity index (χ3n) is 5.81. The lowest BCUT2D eigenvalue weighted by Crippen LogP contribution is -2.62. The van der Waals surface area contributed by atoms with E-state index in [1.807, 2.05) is 40.3 Å². The predicted molar refractivity (Wildman–Crippen MR) is 97.4 cm³/mol. The molecule has 2 aliphatic rings. The fraction of sp³-hybridized carbons (Fsp3) is 0.500. The van der Waals surface area contributed by atoms with Crippen LogP contribution in [0.3, 0.4) is 0 Å². The molecule has 1 aromatic heterocycles. The molecule has 2 fully saturated rings. The van der Waals surface area contributed by atoms with E-state index in [9.17, 15) is 9.59 Å². The third-order valence-corrected chi connectivity index (χ3v) is 5.81. The number of benzene rings is 1. The van der Waals surface area contributed by atoms with Crippen LogP contribution in [0.1, 0.15) is 49.9 Å². The maximum Gasteiger partial charge on any atom is 0.254 e. The van der Waals surface area contributed by atoms with Crippen LogP contribution in [0.25, 0.3) is 10.9 Å². The highest BCUT2D eigenvalue weighted by molar-refractivity contribution is 6.02. The van der Waals surface area contributed by atoms with Gasteiger partial charge in [-0.15, -0.1) is 0 Å². The number of carbonyl (C=O) groups excluding carboxylic acids is 2. The normalized spacial score (nSPS) is 24.0. The molecule has 0 aliphatic carbocycles. The van der Waals surface area contributed by atoms with E-state index >= 15 is 0 Å². The summed E-state index contributed by atoms with van der Waals surface area (Å²) in [5, 5.41) is 1.09. The van der Waals surface area contributed by atoms with Crippen LogP contribution >= 0.6 is 0 Å². The molecule has 2 amide bonds. The Balaban J connectivity index is 1.68. The minimum Gasteiger partial charge on any atom is -0.361 e. The molecule has 1 atom stereocenters. The number of fused-ring (bicyclic) bond motifs is 1. The van der Waals surface area contributed by atoms with Crippen molar-refractivity contribution in [1.82, 2.24) is 14.8 Å². The summed E-state index contributed by atoms with van der Waals surface area (Å²) < 4.78 is 0. The molecular formula is C20H25N3O2. The standard InChI is InChI=1S/C20H25N3O2/c1-14(2)22-11-3-8-20(19(22)25)9-4-12-23(20)18(24)16-6-5-15-7-10-21-17(15)13-16/h5-7,10,13-14,21H,3-4,8-9,11-12H2,1-2H3. The second kappa shape index (κ2) is 5.90. The molecule has 0 bridgehead atoms.